The van der Waals surface area contributed by atoms with Crippen LogP contribution in [0.1, 0.15) is 47.7 Å². The molecule has 3 aliphatic rings. The highest BCUT2D eigenvalue weighted by Crippen LogP contribution is 2.59. The van der Waals surface area contributed by atoms with E-state index in [4.69, 9.17) is 9.47 Å². The predicted molar refractivity (Wildman–Crippen MR) is 181 cm³/mol. The Kier molecular flexibility index (Phi) is 9.01. The second-order valence-corrected chi connectivity index (χ2v) is 17.4. The smallest absolute Gasteiger partial charge is 0.264 e. The molecule has 3 N–H and O–H groups in total. The predicted octanol–water partition coefficient (Wildman–Crippen LogP) is 4.67. The minimum absolute atomic E-state index is 0.0373. The normalized spacial score (nSPS) is 25.4. The average Bonchev–Trinajstić information content (AvgIpc) is 3.72. The summed E-state index contributed by atoms with van der Waals surface area (Å²) in [6.45, 7) is 6.37. The molecule has 3 aromatic carbocycles. The van der Waals surface area contributed by atoms with Crippen LogP contribution in [0, 0.1) is 5.92 Å². The van der Waals surface area contributed by atoms with Crippen molar-refractivity contribution in [1.29, 1.82) is 0 Å². The fourth-order valence-electron chi connectivity index (χ4n) is 7.91. The van der Waals surface area contributed by atoms with Crippen LogP contribution >= 0.6 is 0 Å². The van der Waals surface area contributed by atoms with Gasteiger partial charge >= 0.3 is 0 Å². The van der Waals surface area contributed by atoms with Gasteiger partial charge in [-0.05, 0) is 74.0 Å². The molecule has 11 heteroatoms. The molecule has 5 atom stereocenters. The molecule has 2 fully saturated rings. The zero-order valence-corrected chi connectivity index (χ0v) is 28.3. The molecule has 0 radical (unpaired) electrons. The maximum Gasteiger partial charge on any atom is 0.264 e. The Morgan fingerprint density at radius 3 is 2.53 bits per heavy atom. The monoisotopic (exact) mass is 657 g/mol. The second kappa shape index (κ2) is 12.9. The molecular weight excluding hydrogens is 614 g/mol. The van der Waals surface area contributed by atoms with E-state index in [1.165, 1.54) is 0 Å². The van der Waals surface area contributed by atoms with E-state index < -0.39 is 25.9 Å². The van der Waals surface area contributed by atoms with Crippen LogP contribution in [0.3, 0.4) is 0 Å². The summed E-state index contributed by atoms with van der Waals surface area (Å²) in [4.78, 5) is 56.2. The number of hydrogen-bond donors (Lipinski definition) is 3. The van der Waals surface area contributed by atoms with Gasteiger partial charge in [0.25, 0.3) is 11.8 Å². The van der Waals surface area contributed by atoms with Crippen LogP contribution in [0.2, 0.25) is 18.6 Å². The third kappa shape index (κ3) is 5.97. The van der Waals surface area contributed by atoms with Crippen molar-refractivity contribution >= 4 is 37.4 Å². The Morgan fingerprint density at radius 2 is 1.83 bits per heavy atom. The maximum absolute atomic E-state index is 14.7. The molecule has 0 aromatic heterocycles. The number of ether oxygens (including phenoxy) is 2. The zero-order valence-electron chi connectivity index (χ0n) is 27.3. The topological polar surface area (TPSA) is 129 Å². The minimum Gasteiger partial charge on any atom is -0.497 e. The first kappa shape index (κ1) is 32.9. The summed E-state index contributed by atoms with van der Waals surface area (Å²) in [6, 6.07) is 21.6. The van der Waals surface area contributed by atoms with E-state index in [2.05, 4.69) is 5.32 Å². The van der Waals surface area contributed by atoms with Gasteiger partial charge in [0.2, 0.25) is 5.91 Å². The van der Waals surface area contributed by atoms with Gasteiger partial charge in [0.05, 0.1) is 44.5 Å². The number of fused-ring (bicyclic) bond motifs is 2. The van der Waals surface area contributed by atoms with Crippen LogP contribution in [0.5, 0.6) is 5.75 Å². The van der Waals surface area contributed by atoms with Crippen LogP contribution in [0.25, 0.3) is 0 Å². The molecule has 1 spiro atoms. The third-order valence-corrected chi connectivity index (χ3v) is 12.6. The highest BCUT2D eigenvalue weighted by atomic mass is 28.4. The molecule has 0 aliphatic carbocycles. The number of anilines is 2. The van der Waals surface area contributed by atoms with Gasteiger partial charge in [0.15, 0.2) is 13.9 Å². The van der Waals surface area contributed by atoms with Gasteiger partial charge in [0, 0.05) is 34.8 Å². The summed E-state index contributed by atoms with van der Waals surface area (Å²) in [7, 11) is -1.37. The van der Waals surface area contributed by atoms with E-state index >= 15 is 0 Å². The molecule has 0 unspecified atom stereocenters. The number of nitrogens with zero attached hydrogens (tertiary/aromatic N) is 2. The zero-order chi connectivity index (χ0) is 33.5. The lowest BCUT2D eigenvalue weighted by atomic mass is 9.82. The summed E-state index contributed by atoms with van der Waals surface area (Å²) in [6.07, 6.45) is 0.970. The Bertz CT molecular complexity index is 1660. The number of carbonyl (C=O) groups excluding carboxylic acids is 3. The molecule has 3 amide bonds. The molecule has 6 rings (SSSR count). The number of hydrogen-bond acceptors (Lipinski definition) is 7. The van der Waals surface area contributed by atoms with Gasteiger partial charge < -0.3 is 34.5 Å². The second-order valence-electron chi connectivity index (χ2n) is 13.4. The van der Waals surface area contributed by atoms with E-state index in [0.29, 0.717) is 23.5 Å². The van der Waals surface area contributed by atoms with Gasteiger partial charge in [0.1, 0.15) is 5.75 Å². The molecule has 47 heavy (non-hydrogen) atoms. The van der Waals surface area contributed by atoms with Crippen LogP contribution in [-0.4, -0.2) is 73.2 Å². The SMILES string of the molecule is COc1ccc(C(=O)Nc2cccc(CN3C(=O)[C@@]4(O[C@@H](CC(=O)N5CCC[C@H]5CO)[C@H]([Si](C)(C)O)[C@H]4C)c4ccccc43)c2)cc1. The van der Waals surface area contributed by atoms with E-state index in [9.17, 15) is 24.3 Å². The molecular formula is C36H43N3O7Si. The van der Waals surface area contributed by atoms with Crippen molar-refractivity contribution in [2.75, 3.05) is 30.5 Å². The summed E-state index contributed by atoms with van der Waals surface area (Å²) in [5.74, 6) is -0.350. The first-order valence-corrected chi connectivity index (χ1v) is 19.3. The van der Waals surface area contributed by atoms with Crippen LogP contribution in [-0.2, 0) is 26.5 Å². The average molecular weight is 658 g/mol. The standard InChI is InChI=1S/C36H43N3O7Si/c1-23-33(47(3,4)44)31(20-32(41)38-18-8-11-27(38)22-40)46-36(23)29-12-5-6-13-30(29)39(35(36)43)21-24-9-7-10-26(19-24)37-34(42)25-14-16-28(45-2)17-15-25/h5-7,9-10,12-17,19,23,27,31,33,40,44H,8,11,18,20-22H2,1-4H3,(H,37,42)/t23-,27+,31+,33-,36+/m1/s1. The largest absolute Gasteiger partial charge is 0.497 e. The molecule has 0 bridgehead atoms. The Hall–Kier alpha value is -4.03. The number of rotatable bonds is 9. The molecule has 248 valence electrons. The van der Waals surface area contributed by atoms with Gasteiger partial charge in [-0.15, -0.1) is 0 Å². The molecule has 0 saturated carbocycles. The molecule has 2 saturated heterocycles. The van der Waals surface area contributed by atoms with Crippen LogP contribution in [0.15, 0.2) is 72.8 Å². The first-order valence-electron chi connectivity index (χ1n) is 16.2. The Balaban J connectivity index is 1.27. The Labute approximate surface area is 276 Å². The Morgan fingerprint density at radius 1 is 1.09 bits per heavy atom. The van der Waals surface area contributed by atoms with Crippen molar-refractivity contribution < 1.29 is 33.8 Å². The number of para-hydroxylation sites is 1. The molecule has 3 heterocycles. The summed E-state index contributed by atoms with van der Waals surface area (Å²) < 4.78 is 12.0. The fourth-order valence-corrected chi connectivity index (χ4v) is 10.5. The first-order chi connectivity index (χ1) is 22.5. The third-order valence-electron chi connectivity index (χ3n) is 10.1. The summed E-state index contributed by atoms with van der Waals surface area (Å²) in [5, 5.41) is 12.8. The van der Waals surface area contributed by atoms with Gasteiger partial charge in [-0.25, -0.2) is 0 Å². The van der Waals surface area contributed by atoms with Crippen molar-refractivity contribution in [3.8, 4) is 5.75 Å². The van der Waals surface area contributed by atoms with Gasteiger partial charge in [-0.1, -0.05) is 37.3 Å². The van der Waals surface area contributed by atoms with Crippen molar-refractivity contribution in [2.24, 2.45) is 5.92 Å². The number of benzene rings is 3. The number of likely N-dealkylation sites (tertiary alicyclic amines) is 1. The molecule has 3 aliphatic heterocycles. The quantitative estimate of drug-likeness (QED) is 0.286. The summed E-state index contributed by atoms with van der Waals surface area (Å²) in [5.41, 5.74) is 1.61. The minimum atomic E-state index is -2.94. The van der Waals surface area contributed by atoms with E-state index in [0.717, 1.165) is 29.7 Å². The lowest BCUT2D eigenvalue weighted by Gasteiger charge is -2.32. The van der Waals surface area contributed by atoms with Crippen molar-refractivity contribution in [3.63, 3.8) is 0 Å². The number of nitrogens with one attached hydrogen (secondary N) is 1. The fraction of sp³-hybridized carbons (Fsp3) is 0.417. The number of amides is 3. The van der Waals surface area contributed by atoms with Crippen molar-refractivity contribution in [1.82, 2.24) is 4.90 Å². The molecule has 3 aromatic rings. The van der Waals surface area contributed by atoms with Crippen LogP contribution in [0.4, 0.5) is 11.4 Å². The maximum atomic E-state index is 14.7. The highest BCUT2D eigenvalue weighted by molar-refractivity contribution is 6.71. The van der Waals surface area contributed by atoms with Gasteiger partial charge in [-0.2, -0.15) is 0 Å². The van der Waals surface area contributed by atoms with Crippen molar-refractivity contribution in [2.45, 2.75) is 69.1 Å². The van der Waals surface area contributed by atoms with E-state index in [-0.39, 0.29) is 48.9 Å². The number of aliphatic hydroxyl groups is 1. The van der Waals surface area contributed by atoms with Gasteiger partial charge in [-0.3, -0.25) is 14.4 Å². The van der Waals surface area contributed by atoms with Crippen LogP contribution < -0.4 is 15.0 Å². The number of methoxy groups -OCH3 is 1. The lowest BCUT2D eigenvalue weighted by molar-refractivity contribution is -0.150. The summed E-state index contributed by atoms with van der Waals surface area (Å²) >= 11 is 0. The lowest BCUT2D eigenvalue weighted by Crippen LogP contribution is -2.46. The van der Waals surface area contributed by atoms with Crippen molar-refractivity contribution in [3.05, 3.63) is 89.5 Å². The number of aliphatic hydroxyl groups excluding tert-OH is 1. The van der Waals surface area contributed by atoms with E-state index in [1.54, 1.807) is 47.2 Å². The number of carbonyl (C=O) groups is 3. The van der Waals surface area contributed by atoms with E-state index in [1.807, 2.05) is 62.5 Å². The molecule has 10 nitrogen and oxygen atoms in total. The highest BCUT2D eigenvalue weighted by Gasteiger charge is 2.66.